The summed E-state index contributed by atoms with van der Waals surface area (Å²) in [5, 5.41) is 6.33. The van der Waals surface area contributed by atoms with Gasteiger partial charge in [-0.15, -0.1) is 0 Å². The largest absolute Gasteiger partial charge is 0.492 e. The summed E-state index contributed by atoms with van der Waals surface area (Å²) < 4.78 is 11.0. The van der Waals surface area contributed by atoms with Gasteiger partial charge in [0.1, 0.15) is 18.0 Å². The van der Waals surface area contributed by atoms with Gasteiger partial charge < -0.3 is 14.8 Å². The average molecular weight is 348 g/mol. The van der Waals surface area contributed by atoms with Crippen molar-refractivity contribution >= 4 is 11.8 Å². The first kappa shape index (κ1) is 19.6. The number of ether oxygens (including phenoxy) is 2. The minimum absolute atomic E-state index is 0.451. The number of anilines is 1. The molecule has 0 saturated heterocycles. The summed E-state index contributed by atoms with van der Waals surface area (Å²) in [6.45, 7) is 9.26. The zero-order valence-corrected chi connectivity index (χ0v) is 15.9. The van der Waals surface area contributed by atoms with Crippen molar-refractivity contribution in [3.63, 3.8) is 0 Å². The molecule has 1 atom stereocenters. The minimum Gasteiger partial charge on any atom is -0.492 e. The molecular weight excluding hydrogens is 316 g/mol. The highest BCUT2D eigenvalue weighted by Crippen LogP contribution is 2.34. The van der Waals surface area contributed by atoms with Gasteiger partial charge in [0.05, 0.1) is 0 Å². The molecule has 0 aliphatic heterocycles. The Morgan fingerprint density at radius 1 is 1.24 bits per heavy atom. The highest BCUT2D eigenvalue weighted by molar-refractivity contribution is 5.84. The number of hydrogen-bond donors (Lipinski definition) is 2. The van der Waals surface area contributed by atoms with Gasteiger partial charge >= 0.3 is 6.09 Å². The summed E-state index contributed by atoms with van der Waals surface area (Å²) in [5.41, 5.74) is 0.187. The Kier molecular flexibility index (Phi) is 7.12. The summed E-state index contributed by atoms with van der Waals surface area (Å²) >= 11 is 0. The summed E-state index contributed by atoms with van der Waals surface area (Å²) in [4.78, 5) is 11.7. The molecule has 1 amide bonds. The fraction of sp³-hybridized carbons (Fsp3) is 0.650. The lowest BCUT2D eigenvalue weighted by atomic mass is 10.1. The predicted octanol–water partition coefficient (Wildman–Crippen LogP) is 4.58. The lowest BCUT2D eigenvalue weighted by Crippen LogP contribution is -2.34. The number of rotatable bonds is 9. The van der Waals surface area contributed by atoms with Crippen molar-refractivity contribution < 1.29 is 14.3 Å². The molecule has 0 heterocycles. The molecule has 5 heteroatoms. The van der Waals surface area contributed by atoms with E-state index in [1.54, 1.807) is 0 Å². The quantitative estimate of drug-likeness (QED) is 0.641. The third-order valence-corrected chi connectivity index (χ3v) is 4.07. The first-order chi connectivity index (χ1) is 11.9. The van der Waals surface area contributed by atoms with Crippen molar-refractivity contribution in [1.82, 2.24) is 5.32 Å². The Balaban J connectivity index is 1.68. The van der Waals surface area contributed by atoms with E-state index < -0.39 is 11.7 Å². The normalized spacial score (nSPS) is 15.5. The molecule has 1 aromatic carbocycles. The van der Waals surface area contributed by atoms with Crippen LogP contribution in [0.3, 0.4) is 0 Å². The molecule has 25 heavy (non-hydrogen) atoms. The van der Waals surface area contributed by atoms with Gasteiger partial charge in [-0.2, -0.15) is 0 Å². The van der Waals surface area contributed by atoms with Gasteiger partial charge in [-0.1, -0.05) is 13.3 Å². The molecule has 2 rings (SSSR count). The Bertz CT molecular complexity index is 533. The molecule has 1 aromatic rings. The number of hydrogen-bond acceptors (Lipinski definition) is 4. The van der Waals surface area contributed by atoms with Crippen molar-refractivity contribution in [2.24, 2.45) is 5.92 Å². The summed E-state index contributed by atoms with van der Waals surface area (Å²) in [6.07, 6.45) is 4.75. The molecule has 1 fully saturated rings. The van der Waals surface area contributed by atoms with Gasteiger partial charge in [-0.25, -0.2) is 4.79 Å². The fourth-order valence-electron chi connectivity index (χ4n) is 2.78. The number of amides is 1. The molecular formula is C20H32N2O3. The van der Waals surface area contributed by atoms with E-state index in [1.165, 1.54) is 25.7 Å². The van der Waals surface area contributed by atoms with Crippen LogP contribution in [0, 0.1) is 5.92 Å². The SMILES string of the molecule is CCCC(NCCOc1ccc(NC(=O)OC(C)(C)C)cc1)C1CC1. The molecule has 1 aliphatic rings. The lowest BCUT2D eigenvalue weighted by Gasteiger charge is -2.19. The minimum atomic E-state index is -0.504. The number of carbonyl (C=O) groups is 1. The summed E-state index contributed by atoms with van der Waals surface area (Å²) in [7, 11) is 0. The first-order valence-corrected chi connectivity index (χ1v) is 9.33. The van der Waals surface area contributed by atoms with Gasteiger partial charge in [0.15, 0.2) is 0 Å². The van der Waals surface area contributed by atoms with E-state index >= 15 is 0 Å². The standard InChI is InChI=1S/C20H32N2O3/c1-5-6-18(15-7-8-15)21-13-14-24-17-11-9-16(10-12-17)22-19(23)25-20(2,3)4/h9-12,15,18,21H,5-8,13-14H2,1-4H3,(H,22,23). The molecule has 0 bridgehead atoms. The second kappa shape index (κ2) is 9.09. The van der Waals surface area contributed by atoms with Crippen LogP contribution in [0.4, 0.5) is 10.5 Å². The highest BCUT2D eigenvalue weighted by atomic mass is 16.6. The monoisotopic (exact) mass is 348 g/mol. The zero-order valence-electron chi connectivity index (χ0n) is 15.9. The maximum atomic E-state index is 11.7. The molecule has 1 saturated carbocycles. The van der Waals surface area contributed by atoms with Crippen LogP contribution in [0.25, 0.3) is 0 Å². The van der Waals surface area contributed by atoms with Crippen molar-refractivity contribution in [3.8, 4) is 5.75 Å². The summed E-state index contributed by atoms with van der Waals surface area (Å²) in [6, 6.07) is 8.00. The molecule has 5 nitrogen and oxygen atoms in total. The van der Waals surface area contributed by atoms with Crippen LogP contribution in [-0.4, -0.2) is 30.9 Å². The van der Waals surface area contributed by atoms with Crippen molar-refractivity contribution in [3.05, 3.63) is 24.3 Å². The second-order valence-corrected chi connectivity index (χ2v) is 7.69. The van der Waals surface area contributed by atoms with Crippen molar-refractivity contribution in [2.45, 2.75) is 65.0 Å². The van der Waals surface area contributed by atoms with E-state index in [9.17, 15) is 4.79 Å². The van der Waals surface area contributed by atoms with E-state index in [2.05, 4.69) is 17.6 Å². The van der Waals surface area contributed by atoms with E-state index in [4.69, 9.17) is 9.47 Å². The van der Waals surface area contributed by atoms with Crippen molar-refractivity contribution in [1.29, 1.82) is 0 Å². The van der Waals surface area contributed by atoms with E-state index in [1.807, 2.05) is 45.0 Å². The van der Waals surface area contributed by atoms with Gasteiger partial charge in [-0.05, 0) is 70.2 Å². The number of benzene rings is 1. The molecule has 140 valence electrons. The molecule has 1 unspecified atom stereocenters. The Hall–Kier alpha value is -1.75. The lowest BCUT2D eigenvalue weighted by molar-refractivity contribution is 0.0636. The molecule has 1 aliphatic carbocycles. The molecule has 2 N–H and O–H groups in total. The third kappa shape index (κ3) is 7.78. The Labute approximate surface area is 151 Å². The first-order valence-electron chi connectivity index (χ1n) is 9.33. The van der Waals surface area contributed by atoms with Crippen LogP contribution >= 0.6 is 0 Å². The van der Waals surface area contributed by atoms with E-state index in [0.29, 0.717) is 18.3 Å². The van der Waals surface area contributed by atoms with E-state index in [0.717, 1.165) is 18.2 Å². The van der Waals surface area contributed by atoms with Gasteiger partial charge in [0, 0.05) is 18.3 Å². The van der Waals surface area contributed by atoms with Crippen LogP contribution in [0.15, 0.2) is 24.3 Å². The van der Waals surface area contributed by atoms with Crippen LogP contribution in [0.5, 0.6) is 5.75 Å². The highest BCUT2D eigenvalue weighted by Gasteiger charge is 2.29. The predicted molar refractivity (Wildman–Crippen MR) is 101 cm³/mol. The van der Waals surface area contributed by atoms with Gasteiger partial charge in [0.25, 0.3) is 0 Å². The second-order valence-electron chi connectivity index (χ2n) is 7.69. The van der Waals surface area contributed by atoms with Crippen LogP contribution in [-0.2, 0) is 4.74 Å². The Morgan fingerprint density at radius 2 is 1.92 bits per heavy atom. The number of carbonyl (C=O) groups excluding carboxylic acids is 1. The fourth-order valence-corrected chi connectivity index (χ4v) is 2.78. The zero-order chi connectivity index (χ0) is 18.3. The third-order valence-electron chi connectivity index (χ3n) is 4.07. The molecule has 0 spiro atoms. The number of nitrogens with one attached hydrogen (secondary N) is 2. The summed E-state index contributed by atoms with van der Waals surface area (Å²) in [5.74, 6) is 1.67. The van der Waals surface area contributed by atoms with Crippen LogP contribution in [0.2, 0.25) is 0 Å². The maximum Gasteiger partial charge on any atom is 0.412 e. The van der Waals surface area contributed by atoms with Gasteiger partial charge in [-0.3, -0.25) is 5.32 Å². The van der Waals surface area contributed by atoms with Gasteiger partial charge in [0.2, 0.25) is 0 Å². The average Bonchev–Trinajstić information content (AvgIpc) is 3.35. The smallest absolute Gasteiger partial charge is 0.412 e. The van der Waals surface area contributed by atoms with Crippen LogP contribution < -0.4 is 15.4 Å². The van der Waals surface area contributed by atoms with Crippen molar-refractivity contribution in [2.75, 3.05) is 18.5 Å². The Morgan fingerprint density at radius 3 is 2.48 bits per heavy atom. The molecule has 0 aromatic heterocycles. The molecule has 0 radical (unpaired) electrons. The van der Waals surface area contributed by atoms with E-state index in [-0.39, 0.29) is 0 Å². The van der Waals surface area contributed by atoms with Crippen LogP contribution in [0.1, 0.15) is 53.4 Å². The maximum absolute atomic E-state index is 11.7. The topological polar surface area (TPSA) is 59.6 Å².